The number of amides is 1. The number of nitrogens with one attached hydrogen (secondary N) is 2. The van der Waals surface area contributed by atoms with E-state index in [1.54, 1.807) is 0 Å². The number of thioether (sulfide) groups is 1. The van der Waals surface area contributed by atoms with Gasteiger partial charge < -0.3 is 10.6 Å². The highest BCUT2D eigenvalue weighted by Crippen LogP contribution is 2.40. The third kappa shape index (κ3) is 4.38. The molecule has 0 radical (unpaired) electrons. The van der Waals surface area contributed by atoms with Gasteiger partial charge in [0.05, 0.1) is 6.04 Å². The van der Waals surface area contributed by atoms with Crippen molar-refractivity contribution in [3.63, 3.8) is 0 Å². The summed E-state index contributed by atoms with van der Waals surface area (Å²) < 4.78 is 1.07. The van der Waals surface area contributed by atoms with E-state index < -0.39 is 0 Å². The van der Waals surface area contributed by atoms with Gasteiger partial charge in [-0.2, -0.15) is 0 Å². The summed E-state index contributed by atoms with van der Waals surface area (Å²) in [7, 11) is 1.86. The normalized spacial score (nSPS) is 20.8. The Bertz CT molecular complexity index is 472. The van der Waals surface area contributed by atoms with Crippen molar-refractivity contribution in [3.05, 3.63) is 28.2 Å². The fourth-order valence-corrected chi connectivity index (χ4v) is 3.75. The summed E-state index contributed by atoms with van der Waals surface area (Å²) in [6, 6.07) is 6.43. The van der Waals surface area contributed by atoms with Crippen molar-refractivity contribution >= 4 is 46.0 Å². The largest absolute Gasteiger partial charge is 0.349 e. The van der Waals surface area contributed by atoms with Gasteiger partial charge in [0.2, 0.25) is 5.91 Å². The number of carbonyl (C=O) groups excluding carboxylic acids is 1. The first-order chi connectivity index (χ1) is 9.11. The zero-order valence-electron chi connectivity index (χ0n) is 11.6. The van der Waals surface area contributed by atoms with Crippen LogP contribution in [0, 0.1) is 5.92 Å². The van der Waals surface area contributed by atoms with E-state index in [4.69, 9.17) is 0 Å². The Morgan fingerprint density at radius 3 is 2.95 bits per heavy atom. The number of rotatable bonds is 4. The van der Waals surface area contributed by atoms with E-state index in [-0.39, 0.29) is 24.4 Å². The van der Waals surface area contributed by atoms with Crippen LogP contribution in [-0.2, 0) is 4.79 Å². The molecular formula is C14H20BrClN2OS. The maximum Gasteiger partial charge on any atom is 0.221 e. The Morgan fingerprint density at radius 1 is 1.50 bits per heavy atom. The molecule has 1 aromatic carbocycles. The van der Waals surface area contributed by atoms with Crippen molar-refractivity contribution in [1.82, 2.24) is 10.6 Å². The van der Waals surface area contributed by atoms with Crippen molar-refractivity contribution in [2.75, 3.05) is 19.3 Å². The summed E-state index contributed by atoms with van der Waals surface area (Å²) in [5.41, 5.74) is 1.23. The van der Waals surface area contributed by atoms with Gasteiger partial charge in [-0.3, -0.25) is 4.79 Å². The molecule has 0 aromatic heterocycles. The van der Waals surface area contributed by atoms with Gasteiger partial charge in [-0.25, -0.2) is 0 Å². The lowest BCUT2D eigenvalue weighted by molar-refractivity contribution is -0.122. The van der Waals surface area contributed by atoms with Gasteiger partial charge in [-0.05, 0) is 36.7 Å². The first-order valence-corrected chi connectivity index (χ1v) is 8.26. The Morgan fingerprint density at radius 2 is 2.25 bits per heavy atom. The summed E-state index contributed by atoms with van der Waals surface area (Å²) >= 11 is 5.38. The van der Waals surface area contributed by atoms with Crippen molar-refractivity contribution < 1.29 is 4.79 Å². The lowest BCUT2D eigenvalue weighted by Gasteiger charge is -2.31. The van der Waals surface area contributed by atoms with Gasteiger partial charge in [0, 0.05) is 28.1 Å². The summed E-state index contributed by atoms with van der Waals surface area (Å²) in [5.74, 6) is 1.61. The number of hydrogen-bond donors (Lipinski definition) is 2. The smallest absolute Gasteiger partial charge is 0.221 e. The van der Waals surface area contributed by atoms with Crippen LogP contribution in [-0.4, -0.2) is 25.3 Å². The molecule has 1 amide bonds. The van der Waals surface area contributed by atoms with Gasteiger partial charge in [-0.15, -0.1) is 24.2 Å². The van der Waals surface area contributed by atoms with E-state index in [1.165, 1.54) is 10.5 Å². The van der Waals surface area contributed by atoms with Crippen LogP contribution >= 0.6 is 40.1 Å². The molecule has 0 saturated carbocycles. The average Bonchev–Trinajstić information content (AvgIpc) is 2.40. The zero-order valence-corrected chi connectivity index (χ0v) is 14.8. The Hall–Kier alpha value is -0.230. The number of halogens is 2. The molecule has 1 heterocycles. The van der Waals surface area contributed by atoms with Crippen LogP contribution in [0.5, 0.6) is 0 Å². The van der Waals surface area contributed by atoms with Crippen molar-refractivity contribution in [1.29, 1.82) is 0 Å². The molecule has 0 spiro atoms. The minimum Gasteiger partial charge on any atom is -0.349 e. The molecule has 0 saturated heterocycles. The van der Waals surface area contributed by atoms with Crippen molar-refractivity contribution in [2.45, 2.75) is 24.3 Å². The van der Waals surface area contributed by atoms with Crippen molar-refractivity contribution in [3.8, 4) is 0 Å². The highest BCUT2D eigenvalue weighted by molar-refractivity contribution is 9.10. The Balaban J connectivity index is 0.00000200. The van der Waals surface area contributed by atoms with Crippen molar-refractivity contribution in [2.24, 2.45) is 5.92 Å². The molecule has 20 heavy (non-hydrogen) atoms. The predicted octanol–water partition coefficient (Wildman–Crippen LogP) is 3.38. The van der Waals surface area contributed by atoms with E-state index >= 15 is 0 Å². The molecular weight excluding hydrogens is 360 g/mol. The summed E-state index contributed by atoms with van der Waals surface area (Å²) in [6.45, 7) is 2.91. The molecule has 3 nitrogen and oxygen atoms in total. The molecule has 6 heteroatoms. The fraction of sp³-hybridized carbons (Fsp3) is 0.500. The summed E-state index contributed by atoms with van der Waals surface area (Å²) in [4.78, 5) is 13.2. The molecule has 112 valence electrons. The maximum absolute atomic E-state index is 11.9. The van der Waals surface area contributed by atoms with Gasteiger partial charge in [0.15, 0.2) is 0 Å². The number of hydrogen-bond acceptors (Lipinski definition) is 3. The number of fused-ring (bicyclic) bond motifs is 1. The molecule has 1 aliphatic heterocycles. The molecule has 0 aliphatic carbocycles. The topological polar surface area (TPSA) is 41.1 Å². The summed E-state index contributed by atoms with van der Waals surface area (Å²) in [6.07, 6.45) is 0.524. The van der Waals surface area contributed by atoms with Gasteiger partial charge in [0.25, 0.3) is 0 Å². The minimum absolute atomic E-state index is 0. The van der Waals surface area contributed by atoms with Crippen LogP contribution in [0.15, 0.2) is 27.6 Å². The quantitative estimate of drug-likeness (QED) is 0.842. The molecule has 2 atom stereocenters. The SMILES string of the molecule is CNCCC(=O)NC1c2cc(Br)ccc2SCC1C.Cl. The standard InChI is InChI=1S/C14H19BrN2OS.ClH/c1-9-8-19-12-4-3-10(15)7-11(12)14(9)17-13(18)5-6-16-2;/h3-4,7,9,14,16H,5-6,8H2,1-2H3,(H,17,18);1H. The molecule has 1 aromatic rings. The second kappa shape index (κ2) is 8.27. The van der Waals surface area contributed by atoms with E-state index in [9.17, 15) is 4.79 Å². The molecule has 2 unspecified atom stereocenters. The molecule has 0 fully saturated rings. The zero-order chi connectivity index (χ0) is 13.8. The van der Waals surface area contributed by atoms with E-state index in [0.717, 1.165) is 10.2 Å². The van der Waals surface area contributed by atoms with Crippen LogP contribution in [0.3, 0.4) is 0 Å². The fourth-order valence-electron chi connectivity index (χ4n) is 2.22. The monoisotopic (exact) mass is 378 g/mol. The number of benzene rings is 1. The Kier molecular flexibility index (Phi) is 7.37. The molecule has 2 rings (SSSR count). The van der Waals surface area contributed by atoms with Crippen LogP contribution < -0.4 is 10.6 Å². The van der Waals surface area contributed by atoms with Crippen LogP contribution in [0.4, 0.5) is 0 Å². The maximum atomic E-state index is 11.9. The van der Waals surface area contributed by atoms with E-state index in [2.05, 4.69) is 51.7 Å². The van der Waals surface area contributed by atoms with Crippen LogP contribution in [0.25, 0.3) is 0 Å². The highest BCUT2D eigenvalue weighted by atomic mass is 79.9. The second-order valence-electron chi connectivity index (χ2n) is 4.87. The minimum atomic E-state index is 0. The van der Waals surface area contributed by atoms with Crippen LogP contribution in [0.1, 0.15) is 24.9 Å². The predicted molar refractivity (Wildman–Crippen MR) is 90.7 cm³/mol. The summed E-state index contributed by atoms with van der Waals surface area (Å²) in [5, 5.41) is 6.18. The van der Waals surface area contributed by atoms with Gasteiger partial charge in [-0.1, -0.05) is 22.9 Å². The Labute approximate surface area is 139 Å². The highest BCUT2D eigenvalue weighted by Gasteiger charge is 2.28. The first kappa shape index (κ1) is 17.8. The lowest BCUT2D eigenvalue weighted by Crippen LogP contribution is -2.36. The van der Waals surface area contributed by atoms with Gasteiger partial charge >= 0.3 is 0 Å². The van der Waals surface area contributed by atoms with E-state index in [1.807, 2.05) is 18.8 Å². The number of carbonyl (C=O) groups is 1. The molecule has 1 aliphatic rings. The molecule has 0 bridgehead atoms. The second-order valence-corrected chi connectivity index (χ2v) is 6.85. The third-order valence-electron chi connectivity index (χ3n) is 3.30. The van der Waals surface area contributed by atoms with Crippen LogP contribution in [0.2, 0.25) is 0 Å². The average molecular weight is 380 g/mol. The van der Waals surface area contributed by atoms with E-state index in [0.29, 0.717) is 18.9 Å². The first-order valence-electron chi connectivity index (χ1n) is 6.48. The lowest BCUT2D eigenvalue weighted by atomic mass is 9.95. The van der Waals surface area contributed by atoms with Gasteiger partial charge in [0.1, 0.15) is 0 Å². The molecule has 2 N–H and O–H groups in total. The third-order valence-corrected chi connectivity index (χ3v) is 5.16.